The van der Waals surface area contributed by atoms with E-state index in [1.165, 1.54) is 18.2 Å². The number of piperidine rings is 1. The number of carbonyl (C=O) groups excluding carboxylic acids is 1. The lowest BCUT2D eigenvalue weighted by molar-refractivity contribution is -0.132. The molecule has 22 heavy (non-hydrogen) atoms. The van der Waals surface area contributed by atoms with E-state index in [9.17, 15) is 4.79 Å². The Morgan fingerprint density at radius 1 is 1.50 bits per heavy atom. The molecule has 0 spiro atoms. The third kappa shape index (κ3) is 3.58. The van der Waals surface area contributed by atoms with Gasteiger partial charge in [-0.05, 0) is 43.9 Å². The molecule has 0 N–H and O–H groups in total. The molecule has 2 heterocycles. The predicted molar refractivity (Wildman–Crippen MR) is 95.0 cm³/mol. The van der Waals surface area contributed by atoms with Gasteiger partial charge < -0.3 is 4.90 Å². The number of likely N-dealkylation sites (tertiary alicyclic amines) is 1. The van der Waals surface area contributed by atoms with Gasteiger partial charge in [0, 0.05) is 17.6 Å². The van der Waals surface area contributed by atoms with E-state index >= 15 is 0 Å². The number of rotatable bonds is 4. The summed E-state index contributed by atoms with van der Waals surface area (Å²) in [6.45, 7) is 3.08. The lowest BCUT2D eigenvalue weighted by Gasteiger charge is -2.35. The van der Waals surface area contributed by atoms with Crippen molar-refractivity contribution < 1.29 is 4.79 Å². The maximum Gasteiger partial charge on any atom is 0.233 e. The van der Waals surface area contributed by atoms with E-state index in [2.05, 4.69) is 16.8 Å². The Bertz CT molecular complexity index is 673. The molecule has 3 nitrogen and oxygen atoms in total. The van der Waals surface area contributed by atoms with Crippen LogP contribution in [0.3, 0.4) is 0 Å². The first kappa shape index (κ1) is 16.1. The van der Waals surface area contributed by atoms with Gasteiger partial charge in [0.05, 0.1) is 16.0 Å². The van der Waals surface area contributed by atoms with Crippen molar-refractivity contribution in [1.82, 2.24) is 9.88 Å². The second-order valence-corrected chi connectivity index (χ2v) is 8.22. The van der Waals surface area contributed by atoms with E-state index in [1.807, 2.05) is 18.2 Å². The molecule has 0 saturated carbocycles. The van der Waals surface area contributed by atoms with Gasteiger partial charge in [0.25, 0.3) is 0 Å². The number of thioether (sulfide) groups is 1. The zero-order valence-corrected chi connectivity index (χ0v) is 14.9. The number of thiazole rings is 1. The summed E-state index contributed by atoms with van der Waals surface area (Å²) < 4.78 is 2.06. The number of halogens is 1. The molecule has 1 atom stereocenters. The van der Waals surface area contributed by atoms with E-state index in [4.69, 9.17) is 11.6 Å². The topological polar surface area (TPSA) is 33.2 Å². The van der Waals surface area contributed by atoms with Crippen LogP contribution in [0.15, 0.2) is 22.5 Å². The number of fused-ring (bicyclic) bond motifs is 1. The molecule has 0 aliphatic carbocycles. The molecule has 3 rings (SSSR count). The predicted octanol–water partition coefficient (Wildman–Crippen LogP) is 4.83. The second kappa shape index (κ2) is 7.20. The lowest BCUT2D eigenvalue weighted by Crippen LogP contribution is -2.44. The first-order chi connectivity index (χ1) is 10.7. The van der Waals surface area contributed by atoms with Crippen molar-refractivity contribution in [3.63, 3.8) is 0 Å². The number of nitrogens with zero attached hydrogens (tertiary/aromatic N) is 2. The van der Waals surface area contributed by atoms with Crippen LogP contribution in [0.5, 0.6) is 0 Å². The maximum absolute atomic E-state index is 12.5. The standard InChI is InChI=1S/C16H19ClN2OS2/c1-2-12-5-3-4-8-19(12)15(20)10-21-16-18-13-9-11(17)6-7-14(13)22-16/h6-7,9,12H,2-5,8,10H2,1H3. The summed E-state index contributed by atoms with van der Waals surface area (Å²) in [6, 6.07) is 6.16. The Kier molecular flexibility index (Phi) is 5.26. The van der Waals surface area contributed by atoms with Crippen molar-refractivity contribution in [2.45, 2.75) is 43.0 Å². The van der Waals surface area contributed by atoms with E-state index < -0.39 is 0 Å². The number of hydrogen-bond donors (Lipinski definition) is 0. The summed E-state index contributed by atoms with van der Waals surface area (Å²) in [7, 11) is 0. The number of carbonyl (C=O) groups is 1. The number of aromatic nitrogens is 1. The Morgan fingerprint density at radius 3 is 3.18 bits per heavy atom. The van der Waals surface area contributed by atoms with Crippen molar-refractivity contribution in [1.29, 1.82) is 0 Å². The van der Waals surface area contributed by atoms with Gasteiger partial charge in [-0.3, -0.25) is 4.79 Å². The van der Waals surface area contributed by atoms with E-state index in [0.29, 0.717) is 16.8 Å². The zero-order chi connectivity index (χ0) is 15.5. The summed E-state index contributed by atoms with van der Waals surface area (Å²) in [5, 5.41) is 0.699. The first-order valence-corrected chi connectivity index (χ1v) is 9.83. The third-order valence-electron chi connectivity index (χ3n) is 4.07. The van der Waals surface area contributed by atoms with Crippen LogP contribution in [0, 0.1) is 0 Å². The van der Waals surface area contributed by atoms with Gasteiger partial charge in [-0.2, -0.15) is 0 Å². The van der Waals surface area contributed by atoms with Gasteiger partial charge >= 0.3 is 0 Å². The molecule has 1 aromatic heterocycles. The SMILES string of the molecule is CCC1CCCCN1C(=O)CSc1nc2cc(Cl)ccc2s1. The minimum absolute atomic E-state index is 0.244. The Balaban J connectivity index is 1.64. The number of amides is 1. The van der Waals surface area contributed by atoms with Gasteiger partial charge in [0.1, 0.15) is 0 Å². The minimum atomic E-state index is 0.244. The molecular formula is C16H19ClN2OS2. The van der Waals surface area contributed by atoms with Crippen molar-refractivity contribution in [2.75, 3.05) is 12.3 Å². The van der Waals surface area contributed by atoms with Crippen LogP contribution in [-0.4, -0.2) is 34.1 Å². The molecule has 0 radical (unpaired) electrons. The molecular weight excluding hydrogens is 336 g/mol. The van der Waals surface area contributed by atoms with Gasteiger partial charge in [0.2, 0.25) is 5.91 Å². The molecule has 6 heteroatoms. The Labute approximate surface area is 144 Å². The monoisotopic (exact) mass is 354 g/mol. The molecule has 1 unspecified atom stereocenters. The average Bonchev–Trinajstić information content (AvgIpc) is 2.94. The van der Waals surface area contributed by atoms with Crippen LogP contribution in [0.1, 0.15) is 32.6 Å². The second-order valence-electron chi connectivity index (χ2n) is 5.53. The molecule has 1 saturated heterocycles. The fourth-order valence-corrected chi connectivity index (χ4v) is 5.00. The smallest absolute Gasteiger partial charge is 0.233 e. The van der Waals surface area contributed by atoms with E-state index in [0.717, 1.165) is 40.4 Å². The first-order valence-electron chi connectivity index (χ1n) is 7.65. The molecule has 1 amide bonds. The summed E-state index contributed by atoms with van der Waals surface area (Å²) in [5.74, 6) is 0.721. The summed E-state index contributed by atoms with van der Waals surface area (Å²) in [5.41, 5.74) is 0.914. The molecule has 2 aromatic rings. The Morgan fingerprint density at radius 2 is 2.36 bits per heavy atom. The molecule has 1 fully saturated rings. The van der Waals surface area contributed by atoms with Crippen molar-refractivity contribution in [2.24, 2.45) is 0 Å². The maximum atomic E-state index is 12.5. The fraction of sp³-hybridized carbons (Fsp3) is 0.500. The highest BCUT2D eigenvalue weighted by Crippen LogP contribution is 2.31. The van der Waals surface area contributed by atoms with Crippen LogP contribution in [0.4, 0.5) is 0 Å². The minimum Gasteiger partial charge on any atom is -0.339 e. The number of hydrogen-bond acceptors (Lipinski definition) is 4. The lowest BCUT2D eigenvalue weighted by atomic mass is 10.0. The van der Waals surface area contributed by atoms with Crippen LogP contribution in [0.25, 0.3) is 10.2 Å². The van der Waals surface area contributed by atoms with E-state index in [-0.39, 0.29) is 5.91 Å². The normalized spacial score (nSPS) is 18.8. The van der Waals surface area contributed by atoms with Crippen LogP contribution >= 0.6 is 34.7 Å². The zero-order valence-electron chi connectivity index (χ0n) is 12.5. The fourth-order valence-electron chi connectivity index (χ4n) is 2.90. The molecule has 1 aromatic carbocycles. The molecule has 0 bridgehead atoms. The van der Waals surface area contributed by atoms with Crippen LogP contribution < -0.4 is 0 Å². The molecule has 1 aliphatic rings. The van der Waals surface area contributed by atoms with Crippen molar-refractivity contribution in [3.8, 4) is 0 Å². The largest absolute Gasteiger partial charge is 0.339 e. The van der Waals surface area contributed by atoms with Crippen molar-refractivity contribution >= 4 is 50.8 Å². The van der Waals surface area contributed by atoms with E-state index in [1.54, 1.807) is 11.3 Å². The van der Waals surface area contributed by atoms with Gasteiger partial charge in [-0.25, -0.2) is 4.98 Å². The average molecular weight is 355 g/mol. The molecule has 118 valence electrons. The third-order valence-corrected chi connectivity index (χ3v) is 6.47. The Hall–Kier alpha value is -0.780. The summed E-state index contributed by atoms with van der Waals surface area (Å²) in [4.78, 5) is 19.1. The highest BCUT2D eigenvalue weighted by molar-refractivity contribution is 8.01. The number of benzene rings is 1. The highest BCUT2D eigenvalue weighted by Gasteiger charge is 2.25. The summed E-state index contributed by atoms with van der Waals surface area (Å²) in [6.07, 6.45) is 4.57. The van der Waals surface area contributed by atoms with Gasteiger partial charge in [-0.15, -0.1) is 11.3 Å². The van der Waals surface area contributed by atoms with Crippen LogP contribution in [-0.2, 0) is 4.79 Å². The van der Waals surface area contributed by atoms with Gasteiger partial charge in [0.15, 0.2) is 4.34 Å². The van der Waals surface area contributed by atoms with Crippen LogP contribution in [0.2, 0.25) is 5.02 Å². The highest BCUT2D eigenvalue weighted by atomic mass is 35.5. The van der Waals surface area contributed by atoms with Gasteiger partial charge in [-0.1, -0.05) is 30.3 Å². The quantitative estimate of drug-likeness (QED) is 0.737. The summed E-state index contributed by atoms with van der Waals surface area (Å²) >= 11 is 9.15. The molecule has 1 aliphatic heterocycles. The van der Waals surface area contributed by atoms with Crippen molar-refractivity contribution in [3.05, 3.63) is 23.2 Å².